The van der Waals surface area contributed by atoms with E-state index in [1.54, 1.807) is 0 Å². The molecule has 4 heteroatoms. The molecule has 0 unspecified atom stereocenters. The molecule has 14 heavy (non-hydrogen) atoms. The third-order valence-corrected chi connectivity index (χ3v) is 1.84. The van der Waals surface area contributed by atoms with Crippen LogP contribution in [0.15, 0.2) is 0 Å². The molecule has 0 aliphatic heterocycles. The van der Waals surface area contributed by atoms with E-state index in [9.17, 15) is 9.59 Å². The van der Waals surface area contributed by atoms with E-state index in [0.717, 1.165) is 32.1 Å². The Kier molecular flexibility index (Phi) is 7.89. The van der Waals surface area contributed by atoms with Crippen molar-refractivity contribution < 1.29 is 19.4 Å². The number of unbranched alkanes of at least 4 members (excludes halogenated alkanes) is 4. The lowest BCUT2D eigenvalue weighted by Gasteiger charge is -2.01. The minimum atomic E-state index is -0.732. The topological polar surface area (TPSA) is 63.6 Å². The molecule has 4 nitrogen and oxygen atoms in total. The van der Waals surface area contributed by atoms with Gasteiger partial charge in [-0.3, -0.25) is 9.59 Å². The highest BCUT2D eigenvalue weighted by atomic mass is 16.5. The van der Waals surface area contributed by atoms with Crippen LogP contribution in [-0.4, -0.2) is 23.7 Å². The van der Waals surface area contributed by atoms with Crippen molar-refractivity contribution in [3.8, 4) is 0 Å². The molecule has 0 aliphatic carbocycles. The summed E-state index contributed by atoms with van der Waals surface area (Å²) < 4.78 is 4.75. The summed E-state index contributed by atoms with van der Waals surface area (Å²) in [5, 5.41) is 8.36. The van der Waals surface area contributed by atoms with Gasteiger partial charge in [-0.15, -0.1) is 0 Å². The van der Waals surface area contributed by atoms with E-state index in [-0.39, 0.29) is 12.4 Å². The van der Waals surface area contributed by atoms with Crippen LogP contribution in [0, 0.1) is 0 Å². The fourth-order valence-electron chi connectivity index (χ4n) is 1.12. The molecule has 0 aliphatic rings. The highest BCUT2D eigenvalue weighted by Crippen LogP contribution is 2.05. The normalized spacial score (nSPS) is 9.79. The maximum absolute atomic E-state index is 10.4. The van der Waals surface area contributed by atoms with Crippen molar-refractivity contribution in [1.82, 2.24) is 0 Å². The van der Waals surface area contributed by atoms with Gasteiger partial charge in [0.15, 0.2) is 0 Å². The molecular formula is C10H18O4. The lowest BCUT2D eigenvalue weighted by molar-refractivity contribution is -0.141. The van der Waals surface area contributed by atoms with Gasteiger partial charge in [-0.25, -0.2) is 0 Å². The van der Waals surface area contributed by atoms with Crippen molar-refractivity contribution in [1.29, 1.82) is 0 Å². The van der Waals surface area contributed by atoms with Crippen LogP contribution in [0.3, 0.4) is 0 Å². The summed E-state index contributed by atoms with van der Waals surface area (Å²) in [6.45, 7) is 1.88. The lowest BCUT2D eigenvalue weighted by Crippen LogP contribution is -2.00. The molecule has 0 aromatic carbocycles. The molecule has 0 aromatic heterocycles. The molecule has 0 aromatic rings. The molecule has 0 rings (SSSR count). The molecule has 0 atom stereocenters. The Labute approximate surface area is 84.3 Å². The number of carboxylic acid groups (broad SMARTS) is 1. The summed E-state index contributed by atoms with van der Waals surface area (Å²) in [5.41, 5.74) is 0. The fourth-order valence-corrected chi connectivity index (χ4v) is 1.12. The van der Waals surface area contributed by atoms with Gasteiger partial charge in [0.2, 0.25) is 0 Å². The third kappa shape index (κ3) is 10.9. The molecule has 0 fully saturated rings. The highest BCUT2D eigenvalue weighted by molar-refractivity contribution is 5.66. The second-order valence-electron chi connectivity index (χ2n) is 3.25. The average molecular weight is 202 g/mol. The minimum Gasteiger partial charge on any atom is -0.481 e. The zero-order valence-corrected chi connectivity index (χ0v) is 8.62. The van der Waals surface area contributed by atoms with Gasteiger partial charge in [-0.1, -0.05) is 19.3 Å². The second-order valence-corrected chi connectivity index (χ2v) is 3.25. The van der Waals surface area contributed by atoms with Crippen molar-refractivity contribution in [3.63, 3.8) is 0 Å². The molecule has 0 bridgehead atoms. The number of carbonyl (C=O) groups is 2. The molecule has 0 saturated heterocycles. The largest absolute Gasteiger partial charge is 0.481 e. The second kappa shape index (κ2) is 8.53. The Morgan fingerprint density at radius 2 is 1.64 bits per heavy atom. The van der Waals surface area contributed by atoms with Gasteiger partial charge in [-0.2, -0.15) is 0 Å². The molecule has 0 spiro atoms. The Morgan fingerprint density at radius 3 is 2.21 bits per heavy atom. The zero-order chi connectivity index (χ0) is 10.8. The maximum Gasteiger partial charge on any atom is 0.303 e. The predicted molar refractivity (Wildman–Crippen MR) is 52.0 cm³/mol. The third-order valence-electron chi connectivity index (χ3n) is 1.84. The van der Waals surface area contributed by atoms with Crippen LogP contribution < -0.4 is 0 Å². The molecule has 0 amide bonds. The highest BCUT2D eigenvalue weighted by Gasteiger charge is 1.97. The van der Waals surface area contributed by atoms with E-state index in [2.05, 4.69) is 0 Å². The van der Waals surface area contributed by atoms with Gasteiger partial charge in [0.05, 0.1) is 6.61 Å². The van der Waals surface area contributed by atoms with E-state index in [1.807, 2.05) is 0 Å². The lowest BCUT2D eigenvalue weighted by atomic mass is 10.1. The number of ether oxygens (including phenoxy) is 1. The Balaban J connectivity index is 2.99. The first-order valence-electron chi connectivity index (χ1n) is 4.98. The first-order chi connectivity index (χ1) is 6.63. The maximum atomic E-state index is 10.4. The number of rotatable bonds is 8. The number of carbonyl (C=O) groups excluding carboxylic acids is 1. The zero-order valence-electron chi connectivity index (χ0n) is 8.62. The minimum absolute atomic E-state index is 0.240. The van der Waals surface area contributed by atoms with E-state index in [1.165, 1.54) is 6.92 Å². The SMILES string of the molecule is CC(=O)OCCCCCCCC(=O)O. The van der Waals surface area contributed by atoms with Gasteiger partial charge in [-0.05, 0) is 12.8 Å². The summed E-state index contributed by atoms with van der Waals surface area (Å²) in [6.07, 6.45) is 4.80. The number of esters is 1. The monoisotopic (exact) mass is 202 g/mol. The van der Waals surface area contributed by atoms with E-state index in [4.69, 9.17) is 9.84 Å². The van der Waals surface area contributed by atoms with Crippen molar-refractivity contribution in [3.05, 3.63) is 0 Å². The Bertz CT molecular complexity index is 157. The van der Waals surface area contributed by atoms with Crippen LogP contribution in [0.1, 0.15) is 45.4 Å². The molecular weight excluding hydrogens is 184 g/mol. The van der Waals surface area contributed by atoms with Crippen LogP contribution in [0.25, 0.3) is 0 Å². The van der Waals surface area contributed by atoms with Crippen LogP contribution in [0.2, 0.25) is 0 Å². The fraction of sp³-hybridized carbons (Fsp3) is 0.800. The number of hydrogen-bond acceptors (Lipinski definition) is 3. The van der Waals surface area contributed by atoms with Crippen molar-refractivity contribution >= 4 is 11.9 Å². The number of carboxylic acids is 1. The predicted octanol–water partition coefficient (Wildman–Crippen LogP) is 1.97. The molecule has 0 heterocycles. The molecule has 1 N–H and O–H groups in total. The quantitative estimate of drug-likeness (QED) is 0.483. The Hall–Kier alpha value is -1.06. The van der Waals surface area contributed by atoms with Crippen molar-refractivity contribution in [2.24, 2.45) is 0 Å². The smallest absolute Gasteiger partial charge is 0.303 e. The van der Waals surface area contributed by atoms with E-state index < -0.39 is 5.97 Å². The average Bonchev–Trinajstić information content (AvgIpc) is 2.08. The van der Waals surface area contributed by atoms with Crippen LogP contribution in [-0.2, 0) is 14.3 Å². The first kappa shape index (κ1) is 12.9. The first-order valence-corrected chi connectivity index (χ1v) is 4.98. The van der Waals surface area contributed by atoms with Gasteiger partial charge in [0, 0.05) is 13.3 Å². The van der Waals surface area contributed by atoms with Gasteiger partial charge in [0.1, 0.15) is 0 Å². The van der Waals surface area contributed by atoms with Crippen molar-refractivity contribution in [2.45, 2.75) is 45.4 Å². The standard InChI is InChI=1S/C10H18O4/c1-9(11)14-8-6-4-2-3-5-7-10(12)13/h2-8H2,1H3,(H,12,13). The summed E-state index contributed by atoms with van der Waals surface area (Å²) in [6, 6.07) is 0. The van der Waals surface area contributed by atoms with Crippen LogP contribution in [0.5, 0.6) is 0 Å². The number of aliphatic carboxylic acids is 1. The summed E-state index contributed by atoms with van der Waals surface area (Å²) in [4.78, 5) is 20.5. The summed E-state index contributed by atoms with van der Waals surface area (Å²) in [5.74, 6) is -0.971. The van der Waals surface area contributed by atoms with Crippen molar-refractivity contribution in [2.75, 3.05) is 6.61 Å². The van der Waals surface area contributed by atoms with Gasteiger partial charge < -0.3 is 9.84 Å². The van der Waals surface area contributed by atoms with Gasteiger partial charge in [0.25, 0.3) is 0 Å². The number of hydrogen-bond donors (Lipinski definition) is 1. The molecule has 82 valence electrons. The van der Waals surface area contributed by atoms with Gasteiger partial charge >= 0.3 is 11.9 Å². The van der Waals surface area contributed by atoms with E-state index in [0.29, 0.717) is 6.61 Å². The molecule has 0 saturated carbocycles. The summed E-state index contributed by atoms with van der Waals surface area (Å²) >= 11 is 0. The summed E-state index contributed by atoms with van der Waals surface area (Å²) in [7, 11) is 0. The Morgan fingerprint density at radius 1 is 1.07 bits per heavy atom. The van der Waals surface area contributed by atoms with Crippen LogP contribution in [0.4, 0.5) is 0 Å². The van der Waals surface area contributed by atoms with E-state index >= 15 is 0 Å². The van der Waals surface area contributed by atoms with Crippen LogP contribution >= 0.6 is 0 Å². The molecule has 0 radical (unpaired) electrons.